The maximum Gasteiger partial charge on any atom is 0.130 e. The van der Waals surface area contributed by atoms with Gasteiger partial charge >= 0.3 is 0 Å². The van der Waals surface area contributed by atoms with Gasteiger partial charge in [-0.05, 0) is 41.7 Å². The Bertz CT molecular complexity index is 590. The maximum atomic E-state index is 13.9. The van der Waals surface area contributed by atoms with E-state index >= 15 is 0 Å². The Hall–Kier alpha value is -1.19. The Labute approximate surface area is 127 Å². The fourth-order valence-corrected chi connectivity index (χ4v) is 2.99. The summed E-state index contributed by atoms with van der Waals surface area (Å²) in [6.07, 6.45) is 0.910. The van der Waals surface area contributed by atoms with Gasteiger partial charge < -0.3 is 5.11 Å². The van der Waals surface area contributed by atoms with E-state index in [4.69, 9.17) is 0 Å². The first-order chi connectivity index (χ1) is 9.58. The summed E-state index contributed by atoms with van der Waals surface area (Å²) in [6.45, 7) is 4.20. The van der Waals surface area contributed by atoms with Gasteiger partial charge in [-0.1, -0.05) is 54.0 Å². The van der Waals surface area contributed by atoms with Crippen molar-refractivity contribution in [2.24, 2.45) is 0 Å². The Morgan fingerprint density at radius 1 is 1.10 bits per heavy atom. The lowest BCUT2D eigenvalue weighted by molar-refractivity contribution is 0.214. The highest BCUT2D eigenvalue weighted by Crippen LogP contribution is 2.31. The van der Waals surface area contributed by atoms with Crippen molar-refractivity contribution >= 4 is 15.9 Å². The summed E-state index contributed by atoms with van der Waals surface area (Å²) in [5, 5.41) is 10.5. The van der Waals surface area contributed by atoms with Crippen LogP contribution in [0.1, 0.15) is 42.2 Å². The second kappa shape index (κ2) is 6.51. The molecule has 0 aliphatic rings. The molecule has 0 radical (unpaired) electrons. The molecule has 0 aromatic heterocycles. The van der Waals surface area contributed by atoms with Crippen molar-refractivity contribution in [1.82, 2.24) is 0 Å². The molecule has 2 aromatic rings. The molecule has 0 spiro atoms. The topological polar surface area (TPSA) is 20.2 Å². The quantitative estimate of drug-likeness (QED) is 0.850. The van der Waals surface area contributed by atoms with Crippen molar-refractivity contribution in [3.05, 3.63) is 68.9 Å². The number of halogens is 2. The van der Waals surface area contributed by atoms with Crippen LogP contribution >= 0.6 is 15.9 Å². The lowest BCUT2D eigenvalue weighted by Crippen LogP contribution is -2.05. The molecule has 1 N–H and O–H groups in total. The number of rotatable bonds is 4. The van der Waals surface area contributed by atoms with Crippen LogP contribution in [0.15, 0.2) is 40.9 Å². The molecular formula is C17H18BrFO. The van der Waals surface area contributed by atoms with Gasteiger partial charge in [0.15, 0.2) is 0 Å². The molecule has 0 aliphatic carbocycles. The van der Waals surface area contributed by atoms with E-state index < -0.39 is 11.9 Å². The highest BCUT2D eigenvalue weighted by atomic mass is 79.9. The summed E-state index contributed by atoms with van der Waals surface area (Å²) in [4.78, 5) is 0. The van der Waals surface area contributed by atoms with Crippen LogP contribution in [0.4, 0.5) is 4.39 Å². The standard InChI is InChI=1S/C17H18BrFO/c1-3-11-8-9-13(10-12(11)4-2)17(20)16-14(18)6-5-7-15(16)19/h5-10,17,20H,3-4H2,1-2H3. The van der Waals surface area contributed by atoms with Crippen LogP contribution in [0.25, 0.3) is 0 Å². The summed E-state index contributed by atoms with van der Waals surface area (Å²) in [6, 6.07) is 10.6. The molecule has 0 amide bonds. The first kappa shape index (κ1) is 15.2. The Morgan fingerprint density at radius 3 is 2.40 bits per heavy atom. The Balaban J connectivity index is 2.46. The molecule has 106 valence electrons. The van der Waals surface area contributed by atoms with E-state index in [0.29, 0.717) is 10.0 Å². The second-order valence-electron chi connectivity index (χ2n) is 4.77. The minimum Gasteiger partial charge on any atom is -0.384 e. The average Bonchev–Trinajstić information content (AvgIpc) is 2.46. The fourth-order valence-electron chi connectivity index (χ4n) is 2.43. The summed E-state index contributed by atoms with van der Waals surface area (Å²) < 4.78 is 14.5. The number of benzene rings is 2. The minimum absolute atomic E-state index is 0.291. The van der Waals surface area contributed by atoms with E-state index in [2.05, 4.69) is 29.8 Å². The van der Waals surface area contributed by atoms with Crippen molar-refractivity contribution in [2.45, 2.75) is 32.8 Å². The zero-order valence-electron chi connectivity index (χ0n) is 11.7. The molecule has 0 saturated carbocycles. The SMILES string of the molecule is CCc1ccc(C(O)c2c(F)cccc2Br)cc1CC. The molecule has 0 bridgehead atoms. The largest absolute Gasteiger partial charge is 0.384 e. The number of hydrogen-bond acceptors (Lipinski definition) is 1. The first-order valence-corrected chi connectivity index (χ1v) is 7.61. The monoisotopic (exact) mass is 336 g/mol. The van der Waals surface area contributed by atoms with Gasteiger partial charge in [0, 0.05) is 10.0 Å². The van der Waals surface area contributed by atoms with Gasteiger partial charge in [0.1, 0.15) is 11.9 Å². The van der Waals surface area contributed by atoms with Gasteiger partial charge in [-0.2, -0.15) is 0 Å². The average molecular weight is 337 g/mol. The minimum atomic E-state index is -0.957. The molecule has 1 unspecified atom stereocenters. The predicted octanol–water partition coefficient (Wildman–Crippen LogP) is 4.79. The van der Waals surface area contributed by atoms with Gasteiger partial charge in [-0.15, -0.1) is 0 Å². The summed E-state index contributed by atoms with van der Waals surface area (Å²) in [7, 11) is 0. The van der Waals surface area contributed by atoms with Crippen LogP contribution in [-0.4, -0.2) is 5.11 Å². The third-order valence-electron chi connectivity index (χ3n) is 3.58. The zero-order chi connectivity index (χ0) is 14.7. The molecule has 1 nitrogen and oxygen atoms in total. The Kier molecular flexibility index (Phi) is 4.95. The predicted molar refractivity (Wildman–Crippen MR) is 83.4 cm³/mol. The maximum absolute atomic E-state index is 13.9. The summed E-state index contributed by atoms with van der Waals surface area (Å²) in [5.41, 5.74) is 3.50. The van der Waals surface area contributed by atoms with Crippen LogP contribution < -0.4 is 0 Å². The van der Waals surface area contributed by atoms with Crippen LogP contribution in [0.3, 0.4) is 0 Å². The molecule has 2 rings (SSSR count). The molecule has 1 atom stereocenters. The number of hydrogen-bond donors (Lipinski definition) is 1. The number of aryl methyl sites for hydroxylation is 2. The van der Waals surface area contributed by atoms with Gasteiger partial charge in [0.2, 0.25) is 0 Å². The molecule has 0 fully saturated rings. The first-order valence-electron chi connectivity index (χ1n) is 6.82. The van der Waals surface area contributed by atoms with Crippen LogP contribution in [-0.2, 0) is 12.8 Å². The number of aliphatic hydroxyl groups is 1. The molecular weight excluding hydrogens is 319 g/mol. The summed E-state index contributed by atoms with van der Waals surface area (Å²) >= 11 is 3.31. The normalized spacial score (nSPS) is 12.4. The van der Waals surface area contributed by atoms with Crippen LogP contribution in [0.2, 0.25) is 0 Å². The molecule has 0 heterocycles. The van der Waals surface area contributed by atoms with Crippen molar-refractivity contribution in [3.63, 3.8) is 0 Å². The van der Waals surface area contributed by atoms with E-state index in [0.717, 1.165) is 18.4 Å². The lowest BCUT2D eigenvalue weighted by atomic mass is 9.95. The Morgan fingerprint density at radius 2 is 1.80 bits per heavy atom. The van der Waals surface area contributed by atoms with Gasteiger partial charge in [-0.3, -0.25) is 0 Å². The highest BCUT2D eigenvalue weighted by molar-refractivity contribution is 9.10. The van der Waals surface area contributed by atoms with Gasteiger partial charge in [0.25, 0.3) is 0 Å². The van der Waals surface area contributed by atoms with Crippen LogP contribution in [0.5, 0.6) is 0 Å². The van der Waals surface area contributed by atoms with Crippen molar-refractivity contribution < 1.29 is 9.50 Å². The molecule has 20 heavy (non-hydrogen) atoms. The van der Waals surface area contributed by atoms with E-state index in [-0.39, 0.29) is 0 Å². The van der Waals surface area contributed by atoms with E-state index in [1.54, 1.807) is 12.1 Å². The van der Waals surface area contributed by atoms with Gasteiger partial charge in [-0.25, -0.2) is 4.39 Å². The third-order valence-corrected chi connectivity index (χ3v) is 4.27. The second-order valence-corrected chi connectivity index (χ2v) is 5.63. The van der Waals surface area contributed by atoms with Crippen molar-refractivity contribution in [1.29, 1.82) is 0 Å². The van der Waals surface area contributed by atoms with E-state index in [9.17, 15) is 9.50 Å². The molecule has 0 saturated heterocycles. The van der Waals surface area contributed by atoms with Crippen molar-refractivity contribution in [3.8, 4) is 0 Å². The van der Waals surface area contributed by atoms with Crippen LogP contribution in [0, 0.1) is 5.82 Å². The number of aliphatic hydroxyl groups excluding tert-OH is 1. The van der Waals surface area contributed by atoms with Crippen molar-refractivity contribution in [2.75, 3.05) is 0 Å². The molecule has 3 heteroatoms. The molecule has 0 aliphatic heterocycles. The van der Waals surface area contributed by atoms with E-state index in [1.165, 1.54) is 17.2 Å². The van der Waals surface area contributed by atoms with E-state index in [1.807, 2.05) is 18.2 Å². The highest BCUT2D eigenvalue weighted by Gasteiger charge is 2.18. The smallest absolute Gasteiger partial charge is 0.130 e. The summed E-state index contributed by atoms with van der Waals surface area (Å²) in [5.74, 6) is -0.399. The molecule has 2 aromatic carbocycles. The zero-order valence-corrected chi connectivity index (χ0v) is 13.2. The van der Waals surface area contributed by atoms with Gasteiger partial charge in [0.05, 0.1) is 0 Å². The lowest BCUT2D eigenvalue weighted by Gasteiger charge is -2.16. The third kappa shape index (κ3) is 2.94. The fraction of sp³-hybridized carbons (Fsp3) is 0.294.